The highest BCUT2D eigenvalue weighted by Crippen LogP contribution is 2.27. The number of aryl methyl sites for hydroxylation is 1. The fraction of sp³-hybridized carbons (Fsp3) is 0.167. The van der Waals surface area contributed by atoms with E-state index in [0.29, 0.717) is 28.7 Å². The van der Waals surface area contributed by atoms with Crippen LogP contribution in [0.15, 0.2) is 34.9 Å². The third-order valence-electron chi connectivity index (χ3n) is 2.24. The van der Waals surface area contributed by atoms with E-state index in [9.17, 15) is 4.79 Å². The van der Waals surface area contributed by atoms with Crippen molar-refractivity contribution >= 4 is 17.6 Å². The van der Waals surface area contributed by atoms with Gasteiger partial charge < -0.3 is 9.52 Å². The molecule has 1 aromatic carbocycles. The minimum atomic E-state index is -0.860. The molecule has 1 aromatic heterocycles. The number of aromatic nitrogens is 1. The van der Waals surface area contributed by atoms with Crippen molar-refractivity contribution in [2.24, 2.45) is 0 Å². The highest BCUT2D eigenvalue weighted by Gasteiger charge is 2.10. The van der Waals surface area contributed by atoms with E-state index in [2.05, 4.69) is 4.98 Å². The molecule has 2 rings (SSSR count). The van der Waals surface area contributed by atoms with Crippen LogP contribution in [-0.4, -0.2) is 16.1 Å². The summed E-state index contributed by atoms with van der Waals surface area (Å²) in [7, 11) is 0. The summed E-state index contributed by atoms with van der Waals surface area (Å²) >= 11 is 6.00. The highest BCUT2D eigenvalue weighted by molar-refractivity contribution is 6.33. The van der Waals surface area contributed by atoms with E-state index in [1.54, 1.807) is 12.1 Å². The van der Waals surface area contributed by atoms with Crippen molar-refractivity contribution in [3.8, 4) is 11.5 Å². The van der Waals surface area contributed by atoms with Crippen molar-refractivity contribution in [1.29, 1.82) is 0 Å². The quantitative estimate of drug-likeness (QED) is 0.907. The maximum atomic E-state index is 10.4. The fourth-order valence-corrected chi connectivity index (χ4v) is 1.63. The summed E-state index contributed by atoms with van der Waals surface area (Å²) in [5.41, 5.74) is 0.704. The third kappa shape index (κ3) is 2.85. The first-order chi connectivity index (χ1) is 8.16. The Morgan fingerprint density at radius 2 is 2.18 bits per heavy atom. The Morgan fingerprint density at radius 1 is 1.41 bits per heavy atom. The number of hydrogen-bond acceptors (Lipinski definition) is 3. The Morgan fingerprint density at radius 3 is 2.88 bits per heavy atom. The summed E-state index contributed by atoms with van der Waals surface area (Å²) in [5.74, 6) is 0.0963. The summed E-state index contributed by atoms with van der Waals surface area (Å²) in [4.78, 5) is 14.5. The van der Waals surface area contributed by atoms with Gasteiger partial charge in [-0.15, -0.1) is 0 Å². The van der Waals surface area contributed by atoms with Crippen LogP contribution in [0.3, 0.4) is 0 Å². The number of carboxylic acids is 1. The normalized spacial score (nSPS) is 10.4. The second kappa shape index (κ2) is 5.01. The Labute approximate surface area is 103 Å². The fourth-order valence-electron chi connectivity index (χ4n) is 1.41. The van der Waals surface area contributed by atoms with Gasteiger partial charge in [0.05, 0.1) is 23.2 Å². The maximum absolute atomic E-state index is 10.4. The minimum Gasteiger partial charge on any atom is -0.481 e. The predicted molar refractivity (Wildman–Crippen MR) is 62.9 cm³/mol. The van der Waals surface area contributed by atoms with Gasteiger partial charge in [0.2, 0.25) is 5.89 Å². The number of rotatable bonds is 4. The molecule has 0 bridgehead atoms. The predicted octanol–water partition coefficient (Wildman–Crippen LogP) is 3.01. The topological polar surface area (TPSA) is 63.3 Å². The number of halogens is 1. The van der Waals surface area contributed by atoms with Gasteiger partial charge in [-0.25, -0.2) is 4.98 Å². The van der Waals surface area contributed by atoms with Crippen LogP contribution in [0.4, 0.5) is 0 Å². The zero-order valence-corrected chi connectivity index (χ0v) is 9.65. The zero-order valence-electron chi connectivity index (χ0n) is 8.89. The second-order valence-corrected chi connectivity index (χ2v) is 3.91. The molecule has 4 nitrogen and oxygen atoms in total. The number of carboxylic acid groups (broad SMARTS) is 1. The molecule has 88 valence electrons. The highest BCUT2D eigenvalue weighted by atomic mass is 35.5. The van der Waals surface area contributed by atoms with E-state index in [1.807, 2.05) is 12.1 Å². The van der Waals surface area contributed by atoms with Gasteiger partial charge in [-0.05, 0) is 12.1 Å². The van der Waals surface area contributed by atoms with Gasteiger partial charge >= 0.3 is 5.97 Å². The van der Waals surface area contributed by atoms with Crippen molar-refractivity contribution in [2.45, 2.75) is 12.8 Å². The lowest BCUT2D eigenvalue weighted by Gasteiger charge is -1.97. The summed E-state index contributed by atoms with van der Waals surface area (Å²) in [6.07, 6.45) is 1.88. The third-order valence-corrected chi connectivity index (χ3v) is 2.57. The van der Waals surface area contributed by atoms with Crippen LogP contribution < -0.4 is 0 Å². The summed E-state index contributed by atoms with van der Waals surface area (Å²) < 4.78 is 5.44. The number of benzene rings is 1. The number of oxazole rings is 1. The smallest absolute Gasteiger partial charge is 0.303 e. The van der Waals surface area contributed by atoms with Crippen molar-refractivity contribution < 1.29 is 14.3 Å². The molecule has 5 heteroatoms. The van der Waals surface area contributed by atoms with Crippen molar-refractivity contribution in [1.82, 2.24) is 4.98 Å². The van der Waals surface area contributed by atoms with Crippen LogP contribution in [0.25, 0.3) is 11.5 Å². The SMILES string of the molecule is O=C(O)CCc1cnc(-c2ccccc2Cl)o1. The summed E-state index contributed by atoms with van der Waals surface area (Å²) in [6.45, 7) is 0. The maximum Gasteiger partial charge on any atom is 0.303 e. The second-order valence-electron chi connectivity index (χ2n) is 3.51. The van der Waals surface area contributed by atoms with Crippen LogP contribution in [0.1, 0.15) is 12.2 Å². The van der Waals surface area contributed by atoms with E-state index in [4.69, 9.17) is 21.1 Å². The lowest BCUT2D eigenvalue weighted by molar-refractivity contribution is -0.137. The van der Waals surface area contributed by atoms with Crippen LogP contribution in [0, 0.1) is 0 Å². The summed E-state index contributed by atoms with van der Waals surface area (Å²) in [6, 6.07) is 7.20. The van der Waals surface area contributed by atoms with E-state index in [-0.39, 0.29) is 6.42 Å². The number of aliphatic carboxylic acids is 1. The average Bonchev–Trinajstić information content (AvgIpc) is 2.75. The lowest BCUT2D eigenvalue weighted by atomic mass is 10.2. The molecule has 0 fully saturated rings. The molecule has 1 heterocycles. The minimum absolute atomic E-state index is 0.0250. The van der Waals surface area contributed by atoms with Crippen LogP contribution in [0.5, 0.6) is 0 Å². The molecule has 17 heavy (non-hydrogen) atoms. The van der Waals surface area contributed by atoms with E-state index in [1.165, 1.54) is 6.20 Å². The Balaban J connectivity index is 2.18. The molecule has 0 amide bonds. The van der Waals surface area contributed by atoms with E-state index < -0.39 is 5.97 Å². The molecule has 1 N–H and O–H groups in total. The van der Waals surface area contributed by atoms with Crippen molar-refractivity contribution in [3.63, 3.8) is 0 Å². The summed E-state index contributed by atoms with van der Waals surface area (Å²) in [5, 5.41) is 9.11. The van der Waals surface area contributed by atoms with Gasteiger partial charge in [-0.1, -0.05) is 23.7 Å². The van der Waals surface area contributed by atoms with Gasteiger partial charge in [-0.2, -0.15) is 0 Å². The molecule has 0 radical (unpaired) electrons. The first kappa shape index (κ1) is 11.7. The zero-order chi connectivity index (χ0) is 12.3. The van der Waals surface area contributed by atoms with E-state index >= 15 is 0 Å². The molecule has 2 aromatic rings. The number of nitrogens with zero attached hydrogens (tertiary/aromatic N) is 1. The van der Waals surface area contributed by atoms with Gasteiger partial charge in [-0.3, -0.25) is 4.79 Å². The van der Waals surface area contributed by atoms with Crippen molar-refractivity contribution in [2.75, 3.05) is 0 Å². The standard InChI is InChI=1S/C12H10ClNO3/c13-10-4-2-1-3-9(10)12-14-7-8(17-12)5-6-11(15)16/h1-4,7H,5-6H2,(H,15,16). The molecule has 0 spiro atoms. The van der Waals surface area contributed by atoms with Crippen LogP contribution in [-0.2, 0) is 11.2 Å². The van der Waals surface area contributed by atoms with Crippen LogP contribution >= 0.6 is 11.6 Å². The largest absolute Gasteiger partial charge is 0.481 e. The lowest BCUT2D eigenvalue weighted by Crippen LogP contribution is -1.96. The molecule has 0 saturated heterocycles. The number of hydrogen-bond donors (Lipinski definition) is 1. The van der Waals surface area contributed by atoms with Gasteiger partial charge in [0.25, 0.3) is 0 Å². The molecule has 0 atom stereocenters. The number of carbonyl (C=O) groups is 1. The average molecular weight is 252 g/mol. The molecular weight excluding hydrogens is 242 g/mol. The Bertz CT molecular complexity index is 536. The molecule has 0 saturated carbocycles. The molecule has 0 aliphatic heterocycles. The van der Waals surface area contributed by atoms with Gasteiger partial charge in [0.15, 0.2) is 0 Å². The monoisotopic (exact) mass is 251 g/mol. The van der Waals surface area contributed by atoms with Crippen LogP contribution in [0.2, 0.25) is 5.02 Å². The Kier molecular flexibility index (Phi) is 3.44. The molecule has 0 unspecified atom stereocenters. The first-order valence-corrected chi connectivity index (χ1v) is 5.46. The molecule has 0 aliphatic carbocycles. The van der Waals surface area contributed by atoms with Gasteiger partial charge in [0.1, 0.15) is 5.76 Å². The van der Waals surface area contributed by atoms with Crippen molar-refractivity contribution in [3.05, 3.63) is 41.2 Å². The first-order valence-electron chi connectivity index (χ1n) is 5.08. The van der Waals surface area contributed by atoms with Gasteiger partial charge in [0, 0.05) is 6.42 Å². The Hall–Kier alpha value is -1.81. The van der Waals surface area contributed by atoms with E-state index in [0.717, 1.165) is 0 Å². The molecular formula is C12H10ClNO3. The molecule has 0 aliphatic rings.